The normalized spacial score (nSPS) is 23.5. The number of aliphatic hydroxyl groups excluding tert-OH is 1. The molecule has 1 aromatic carbocycles. The zero-order valence-electron chi connectivity index (χ0n) is 18.8. The molecule has 1 N–H and O–H groups in total. The van der Waals surface area contributed by atoms with Crippen LogP contribution in [0.3, 0.4) is 0 Å². The molecule has 4 rings (SSSR count). The average Bonchev–Trinajstić information content (AvgIpc) is 3.44. The molecule has 1 saturated heterocycles. The summed E-state index contributed by atoms with van der Waals surface area (Å²) in [5, 5.41) is 14.8. The van der Waals surface area contributed by atoms with Crippen LogP contribution in [-0.2, 0) is 11.4 Å². The molecule has 0 bridgehead atoms. The van der Waals surface area contributed by atoms with Gasteiger partial charge in [0, 0.05) is 52.3 Å². The number of ether oxygens (including phenoxy) is 1. The number of aliphatic hydroxyl groups is 1. The SMILES string of the molecule is CC(=O)N1CCN([C@@H]2CC[C@@H](N(C)C(=O)c3cc(COc4ccccc4F)on3)[C@H]2O)CC1. The maximum Gasteiger partial charge on any atom is 0.276 e. The van der Waals surface area contributed by atoms with Gasteiger partial charge in [-0.1, -0.05) is 17.3 Å². The van der Waals surface area contributed by atoms with E-state index in [1.807, 2.05) is 4.90 Å². The lowest BCUT2D eigenvalue weighted by molar-refractivity contribution is -0.131. The number of benzene rings is 1. The predicted octanol–water partition coefficient (Wildman–Crippen LogP) is 1.52. The van der Waals surface area contributed by atoms with E-state index in [0.29, 0.717) is 38.4 Å². The molecular formula is C23H29FN4O5. The van der Waals surface area contributed by atoms with Crippen molar-refractivity contribution < 1.29 is 28.3 Å². The van der Waals surface area contributed by atoms with Crippen molar-refractivity contribution in [1.82, 2.24) is 19.9 Å². The minimum absolute atomic E-state index is 0.0543. The molecule has 3 atom stereocenters. The van der Waals surface area contributed by atoms with Crippen molar-refractivity contribution >= 4 is 11.8 Å². The second-order valence-corrected chi connectivity index (χ2v) is 8.56. The van der Waals surface area contributed by atoms with Crippen molar-refractivity contribution in [2.24, 2.45) is 0 Å². The second-order valence-electron chi connectivity index (χ2n) is 8.56. The smallest absolute Gasteiger partial charge is 0.276 e. The lowest BCUT2D eigenvalue weighted by Crippen LogP contribution is -2.55. The van der Waals surface area contributed by atoms with Crippen LogP contribution in [0.5, 0.6) is 5.75 Å². The van der Waals surface area contributed by atoms with Gasteiger partial charge < -0.3 is 24.2 Å². The number of para-hydroxylation sites is 1. The Kier molecular flexibility index (Phi) is 6.94. The quantitative estimate of drug-likeness (QED) is 0.698. The topological polar surface area (TPSA) is 99.4 Å². The Morgan fingerprint density at radius 2 is 1.97 bits per heavy atom. The van der Waals surface area contributed by atoms with Gasteiger partial charge in [-0.05, 0) is 25.0 Å². The van der Waals surface area contributed by atoms with E-state index in [9.17, 15) is 19.1 Å². The molecule has 1 aliphatic heterocycles. The molecule has 10 heteroatoms. The highest BCUT2D eigenvalue weighted by Gasteiger charge is 2.42. The number of rotatable bonds is 6. The average molecular weight is 461 g/mol. The molecule has 0 spiro atoms. The molecule has 9 nitrogen and oxygen atoms in total. The lowest BCUT2D eigenvalue weighted by atomic mass is 10.1. The van der Waals surface area contributed by atoms with Crippen molar-refractivity contribution in [3.63, 3.8) is 0 Å². The highest BCUT2D eigenvalue weighted by Crippen LogP contribution is 2.29. The molecule has 1 saturated carbocycles. The number of aromatic nitrogens is 1. The third-order valence-electron chi connectivity index (χ3n) is 6.58. The number of hydrogen-bond donors (Lipinski definition) is 1. The van der Waals surface area contributed by atoms with Crippen LogP contribution in [0.2, 0.25) is 0 Å². The number of amides is 2. The van der Waals surface area contributed by atoms with Crippen LogP contribution in [0.15, 0.2) is 34.9 Å². The van der Waals surface area contributed by atoms with Gasteiger partial charge in [-0.3, -0.25) is 14.5 Å². The van der Waals surface area contributed by atoms with E-state index < -0.39 is 11.9 Å². The van der Waals surface area contributed by atoms with Gasteiger partial charge in [0.1, 0.15) is 6.61 Å². The molecule has 2 aliphatic rings. The first-order valence-corrected chi connectivity index (χ1v) is 11.1. The Balaban J connectivity index is 1.33. The van der Waals surface area contributed by atoms with Gasteiger partial charge in [0.2, 0.25) is 5.91 Å². The van der Waals surface area contributed by atoms with Gasteiger partial charge in [-0.2, -0.15) is 0 Å². The third kappa shape index (κ3) is 5.01. The van der Waals surface area contributed by atoms with Crippen molar-refractivity contribution in [3.8, 4) is 5.75 Å². The van der Waals surface area contributed by atoms with E-state index >= 15 is 0 Å². The molecule has 2 heterocycles. The summed E-state index contributed by atoms with van der Waals surface area (Å²) in [5.41, 5.74) is 0.107. The highest BCUT2D eigenvalue weighted by atomic mass is 19.1. The first-order chi connectivity index (χ1) is 15.8. The van der Waals surface area contributed by atoms with Gasteiger partial charge in [0.15, 0.2) is 23.0 Å². The highest BCUT2D eigenvalue weighted by molar-refractivity contribution is 5.92. The third-order valence-corrected chi connectivity index (χ3v) is 6.58. The van der Waals surface area contributed by atoms with Crippen LogP contribution < -0.4 is 4.74 Å². The van der Waals surface area contributed by atoms with Crippen molar-refractivity contribution in [2.75, 3.05) is 33.2 Å². The number of carbonyl (C=O) groups excluding carboxylic acids is 2. The van der Waals surface area contributed by atoms with Crippen LogP contribution >= 0.6 is 0 Å². The molecule has 2 fully saturated rings. The van der Waals surface area contributed by atoms with Crippen molar-refractivity contribution in [2.45, 2.75) is 44.6 Å². The lowest BCUT2D eigenvalue weighted by Gasteiger charge is -2.39. The number of hydrogen-bond acceptors (Lipinski definition) is 7. The summed E-state index contributed by atoms with van der Waals surface area (Å²) in [7, 11) is 1.65. The Morgan fingerprint density at radius 3 is 2.67 bits per heavy atom. The van der Waals surface area contributed by atoms with E-state index in [2.05, 4.69) is 10.1 Å². The summed E-state index contributed by atoms with van der Waals surface area (Å²) in [6.07, 6.45) is 0.741. The first-order valence-electron chi connectivity index (χ1n) is 11.1. The van der Waals surface area contributed by atoms with Crippen LogP contribution in [0.1, 0.15) is 36.0 Å². The van der Waals surface area contributed by atoms with Crippen molar-refractivity contribution in [3.05, 3.63) is 47.6 Å². The van der Waals surface area contributed by atoms with E-state index in [-0.39, 0.29) is 41.9 Å². The standard InChI is InChI=1S/C23H29FN4O5/c1-15(29)27-9-11-28(12-10-27)20-8-7-19(22(20)30)26(2)23(31)18-13-16(33-25-18)14-32-21-6-4-3-5-17(21)24/h3-6,13,19-20,22,30H,7-12,14H2,1-2H3/t19-,20-,22-/m1/s1. The Hall–Kier alpha value is -2.98. The maximum atomic E-state index is 13.7. The molecule has 2 aromatic rings. The van der Waals surface area contributed by atoms with Gasteiger partial charge >= 0.3 is 0 Å². The first kappa shape index (κ1) is 23.2. The molecule has 0 unspecified atom stereocenters. The second kappa shape index (κ2) is 9.88. The minimum Gasteiger partial charge on any atom is -0.482 e. The van der Waals surface area contributed by atoms with Gasteiger partial charge in [-0.15, -0.1) is 0 Å². The molecule has 1 aromatic heterocycles. The zero-order chi connectivity index (χ0) is 23.5. The van der Waals surface area contributed by atoms with Crippen LogP contribution in [-0.4, -0.2) is 88.2 Å². The molecule has 178 valence electrons. The van der Waals surface area contributed by atoms with Crippen LogP contribution in [0, 0.1) is 5.82 Å². The van der Waals surface area contributed by atoms with Crippen LogP contribution in [0.4, 0.5) is 4.39 Å². The fourth-order valence-electron chi connectivity index (χ4n) is 4.65. The van der Waals surface area contributed by atoms with E-state index in [4.69, 9.17) is 9.26 Å². The molecule has 0 radical (unpaired) electrons. The molecule has 1 aliphatic carbocycles. The fraction of sp³-hybridized carbons (Fsp3) is 0.522. The van der Waals surface area contributed by atoms with E-state index in [1.165, 1.54) is 23.1 Å². The number of likely N-dealkylation sites (N-methyl/N-ethyl adjacent to an activating group) is 1. The predicted molar refractivity (Wildman–Crippen MR) is 116 cm³/mol. The largest absolute Gasteiger partial charge is 0.482 e. The van der Waals surface area contributed by atoms with Gasteiger partial charge in [0.25, 0.3) is 5.91 Å². The van der Waals surface area contributed by atoms with Crippen LogP contribution in [0.25, 0.3) is 0 Å². The monoisotopic (exact) mass is 460 g/mol. The molecular weight excluding hydrogens is 431 g/mol. The zero-order valence-corrected chi connectivity index (χ0v) is 18.8. The van der Waals surface area contributed by atoms with E-state index in [0.717, 1.165) is 6.42 Å². The van der Waals surface area contributed by atoms with Gasteiger partial charge in [-0.25, -0.2) is 4.39 Å². The summed E-state index contributed by atoms with van der Waals surface area (Å²) in [4.78, 5) is 30.0. The van der Waals surface area contributed by atoms with E-state index in [1.54, 1.807) is 26.1 Å². The maximum absolute atomic E-state index is 13.7. The minimum atomic E-state index is -0.696. The number of halogens is 1. The number of nitrogens with zero attached hydrogens (tertiary/aromatic N) is 4. The van der Waals surface area contributed by atoms with Crippen molar-refractivity contribution in [1.29, 1.82) is 0 Å². The molecule has 33 heavy (non-hydrogen) atoms. The summed E-state index contributed by atoms with van der Waals surface area (Å²) in [6.45, 7) is 4.22. The van der Waals surface area contributed by atoms with Gasteiger partial charge in [0.05, 0.1) is 12.1 Å². The summed E-state index contributed by atoms with van der Waals surface area (Å²) in [5.74, 6) is -0.398. The summed E-state index contributed by atoms with van der Waals surface area (Å²) >= 11 is 0. The Labute approximate surface area is 191 Å². The number of carbonyl (C=O) groups is 2. The Morgan fingerprint density at radius 1 is 1.24 bits per heavy atom. The fourth-order valence-corrected chi connectivity index (χ4v) is 4.65. The summed E-state index contributed by atoms with van der Waals surface area (Å²) in [6, 6.07) is 7.10. The Bertz CT molecular complexity index is 991. The number of piperazine rings is 1. The molecule has 2 amide bonds. The summed E-state index contributed by atoms with van der Waals surface area (Å²) < 4.78 is 24.3.